The van der Waals surface area contributed by atoms with Gasteiger partial charge in [0.15, 0.2) is 5.82 Å². The molecule has 30 heavy (non-hydrogen) atoms. The molecule has 0 atom stereocenters. The summed E-state index contributed by atoms with van der Waals surface area (Å²) in [4.78, 5) is 23.4. The van der Waals surface area contributed by atoms with Crippen molar-refractivity contribution in [3.05, 3.63) is 59.4 Å². The van der Waals surface area contributed by atoms with Crippen molar-refractivity contribution in [2.45, 2.75) is 39.5 Å². The molecular weight excluding hydrogens is 383 g/mol. The second-order valence-corrected chi connectivity index (χ2v) is 7.55. The minimum Gasteiger partial charge on any atom is -0.356 e. The van der Waals surface area contributed by atoms with E-state index in [-0.39, 0.29) is 18.1 Å². The van der Waals surface area contributed by atoms with Crippen molar-refractivity contribution in [3.8, 4) is 5.82 Å². The first kappa shape index (κ1) is 20.0. The van der Waals surface area contributed by atoms with Crippen molar-refractivity contribution < 1.29 is 9.18 Å². The number of nitrogens with zero attached hydrogens (tertiary/aromatic N) is 5. The van der Waals surface area contributed by atoms with Crippen LogP contribution in [0.2, 0.25) is 0 Å². The fourth-order valence-electron chi connectivity index (χ4n) is 3.86. The van der Waals surface area contributed by atoms with Crippen LogP contribution < -0.4 is 10.2 Å². The standard InChI is InChI=1S/C22H25FN6O/c1-15-19(8-9-22(30)26-18-7-5-6-17(23)12-18)16(2)29(27-15)21-13-20(24-14-25-21)28-10-3-4-11-28/h5-7,12-14H,3-4,8-11H2,1-2H3,(H,26,30). The van der Waals surface area contributed by atoms with E-state index in [4.69, 9.17) is 0 Å². The molecule has 0 unspecified atom stereocenters. The predicted molar refractivity (Wildman–Crippen MR) is 113 cm³/mol. The molecule has 0 bridgehead atoms. The number of halogens is 1. The molecule has 4 rings (SSSR count). The number of hydrogen-bond donors (Lipinski definition) is 1. The molecule has 1 fully saturated rings. The van der Waals surface area contributed by atoms with Crippen molar-refractivity contribution in [2.24, 2.45) is 0 Å². The van der Waals surface area contributed by atoms with E-state index in [1.165, 1.54) is 25.0 Å². The molecule has 8 heteroatoms. The molecule has 1 aliphatic rings. The van der Waals surface area contributed by atoms with Crippen LogP contribution in [0.1, 0.15) is 36.2 Å². The molecule has 1 aliphatic heterocycles. The van der Waals surface area contributed by atoms with Crippen LogP contribution in [-0.2, 0) is 11.2 Å². The van der Waals surface area contributed by atoms with E-state index in [9.17, 15) is 9.18 Å². The van der Waals surface area contributed by atoms with E-state index < -0.39 is 0 Å². The Labute approximate surface area is 175 Å². The van der Waals surface area contributed by atoms with E-state index in [0.717, 1.165) is 41.7 Å². The lowest BCUT2D eigenvalue weighted by molar-refractivity contribution is -0.116. The zero-order chi connectivity index (χ0) is 21.1. The maximum atomic E-state index is 13.3. The summed E-state index contributed by atoms with van der Waals surface area (Å²) in [5, 5.41) is 7.39. The molecule has 1 aromatic carbocycles. The summed E-state index contributed by atoms with van der Waals surface area (Å²) in [7, 11) is 0. The maximum absolute atomic E-state index is 13.3. The number of aromatic nitrogens is 4. The monoisotopic (exact) mass is 408 g/mol. The second kappa shape index (κ2) is 8.61. The Morgan fingerprint density at radius 1 is 1.13 bits per heavy atom. The molecule has 1 N–H and O–H groups in total. The predicted octanol–water partition coefficient (Wildman–Crippen LogP) is 3.59. The zero-order valence-electron chi connectivity index (χ0n) is 17.2. The van der Waals surface area contributed by atoms with Crippen LogP contribution in [0.5, 0.6) is 0 Å². The average Bonchev–Trinajstić information content (AvgIpc) is 3.35. The van der Waals surface area contributed by atoms with Gasteiger partial charge in [-0.3, -0.25) is 4.79 Å². The van der Waals surface area contributed by atoms with Crippen molar-refractivity contribution in [3.63, 3.8) is 0 Å². The van der Waals surface area contributed by atoms with E-state index in [1.807, 2.05) is 24.6 Å². The lowest BCUT2D eigenvalue weighted by Gasteiger charge is -2.16. The SMILES string of the molecule is Cc1nn(-c2cc(N3CCCC3)ncn2)c(C)c1CCC(=O)Nc1cccc(F)c1. The van der Waals surface area contributed by atoms with Crippen molar-refractivity contribution in [2.75, 3.05) is 23.3 Å². The second-order valence-electron chi connectivity index (χ2n) is 7.55. The molecule has 156 valence electrons. The molecule has 0 saturated carbocycles. The summed E-state index contributed by atoms with van der Waals surface area (Å²) in [6.07, 6.45) is 4.77. The quantitative estimate of drug-likeness (QED) is 0.675. The van der Waals surface area contributed by atoms with Crippen LogP contribution in [0, 0.1) is 19.7 Å². The third-order valence-electron chi connectivity index (χ3n) is 5.44. The van der Waals surface area contributed by atoms with Crippen LogP contribution in [0.15, 0.2) is 36.7 Å². The molecule has 0 aliphatic carbocycles. The number of amides is 1. The third kappa shape index (κ3) is 4.32. The highest BCUT2D eigenvalue weighted by Gasteiger charge is 2.18. The van der Waals surface area contributed by atoms with E-state index >= 15 is 0 Å². The van der Waals surface area contributed by atoms with Gasteiger partial charge in [0.1, 0.15) is 18.0 Å². The molecule has 2 aromatic heterocycles. The van der Waals surface area contributed by atoms with Gasteiger partial charge in [-0.15, -0.1) is 0 Å². The van der Waals surface area contributed by atoms with Crippen molar-refractivity contribution in [1.82, 2.24) is 19.7 Å². The van der Waals surface area contributed by atoms with Gasteiger partial charge in [0, 0.05) is 37.0 Å². The van der Waals surface area contributed by atoms with Gasteiger partial charge in [0.05, 0.1) is 5.69 Å². The molecule has 3 heterocycles. The topological polar surface area (TPSA) is 75.9 Å². The lowest BCUT2D eigenvalue weighted by Crippen LogP contribution is -2.19. The first-order chi connectivity index (χ1) is 14.5. The number of hydrogen-bond acceptors (Lipinski definition) is 5. The number of aryl methyl sites for hydroxylation is 1. The number of carbonyl (C=O) groups is 1. The normalized spacial score (nSPS) is 13.6. The van der Waals surface area contributed by atoms with E-state index in [2.05, 4.69) is 25.3 Å². The Bertz CT molecular complexity index is 1060. The van der Waals surface area contributed by atoms with E-state index in [0.29, 0.717) is 12.1 Å². The van der Waals surface area contributed by atoms with Crippen LogP contribution in [0.3, 0.4) is 0 Å². The summed E-state index contributed by atoms with van der Waals surface area (Å²) in [6.45, 7) is 5.95. The van der Waals surface area contributed by atoms with Crippen LogP contribution >= 0.6 is 0 Å². The van der Waals surface area contributed by atoms with Crippen molar-refractivity contribution in [1.29, 1.82) is 0 Å². The highest BCUT2D eigenvalue weighted by Crippen LogP contribution is 2.22. The van der Waals surface area contributed by atoms with Gasteiger partial charge < -0.3 is 10.2 Å². The van der Waals surface area contributed by atoms with Gasteiger partial charge in [-0.05, 0) is 56.9 Å². The average molecular weight is 408 g/mol. The summed E-state index contributed by atoms with van der Waals surface area (Å²) >= 11 is 0. The highest BCUT2D eigenvalue weighted by molar-refractivity contribution is 5.90. The van der Waals surface area contributed by atoms with Gasteiger partial charge in [-0.2, -0.15) is 5.10 Å². The maximum Gasteiger partial charge on any atom is 0.224 e. The van der Waals surface area contributed by atoms with Gasteiger partial charge in [0.25, 0.3) is 0 Å². The van der Waals surface area contributed by atoms with Crippen LogP contribution in [0.4, 0.5) is 15.9 Å². The highest BCUT2D eigenvalue weighted by atomic mass is 19.1. The Balaban J connectivity index is 1.47. The van der Waals surface area contributed by atoms with Crippen LogP contribution in [0.25, 0.3) is 5.82 Å². The number of anilines is 2. The molecule has 0 radical (unpaired) electrons. The van der Waals surface area contributed by atoms with Crippen molar-refractivity contribution >= 4 is 17.4 Å². The molecule has 1 amide bonds. The largest absolute Gasteiger partial charge is 0.356 e. The fraction of sp³-hybridized carbons (Fsp3) is 0.364. The molecule has 7 nitrogen and oxygen atoms in total. The first-order valence-corrected chi connectivity index (χ1v) is 10.2. The molecule has 0 spiro atoms. The Morgan fingerprint density at radius 3 is 2.67 bits per heavy atom. The minimum atomic E-state index is -0.376. The number of rotatable bonds is 6. The van der Waals surface area contributed by atoms with Gasteiger partial charge >= 0.3 is 0 Å². The Hall–Kier alpha value is -3.29. The number of benzene rings is 1. The van der Waals surface area contributed by atoms with Gasteiger partial charge in [0.2, 0.25) is 5.91 Å². The summed E-state index contributed by atoms with van der Waals surface area (Å²) in [6, 6.07) is 7.85. The number of nitrogens with one attached hydrogen (secondary N) is 1. The van der Waals surface area contributed by atoms with Gasteiger partial charge in [-0.25, -0.2) is 19.0 Å². The molecular formula is C22H25FN6O. The lowest BCUT2D eigenvalue weighted by atomic mass is 10.1. The van der Waals surface area contributed by atoms with Gasteiger partial charge in [-0.1, -0.05) is 6.07 Å². The number of carbonyl (C=O) groups excluding carboxylic acids is 1. The smallest absolute Gasteiger partial charge is 0.224 e. The van der Waals surface area contributed by atoms with Crippen LogP contribution in [-0.4, -0.2) is 38.7 Å². The third-order valence-corrected chi connectivity index (χ3v) is 5.44. The summed E-state index contributed by atoms with van der Waals surface area (Å²) < 4.78 is 15.1. The molecule has 1 saturated heterocycles. The summed E-state index contributed by atoms with van der Waals surface area (Å²) in [5.41, 5.74) is 3.30. The Kier molecular flexibility index (Phi) is 5.74. The first-order valence-electron chi connectivity index (χ1n) is 10.2. The Morgan fingerprint density at radius 2 is 1.90 bits per heavy atom. The fourth-order valence-corrected chi connectivity index (χ4v) is 3.86. The molecule has 3 aromatic rings. The zero-order valence-corrected chi connectivity index (χ0v) is 17.2. The summed E-state index contributed by atoms with van der Waals surface area (Å²) in [5.74, 6) is 1.11. The van der Waals surface area contributed by atoms with E-state index in [1.54, 1.807) is 18.5 Å². The minimum absolute atomic E-state index is 0.162.